The molecule has 1 saturated carbocycles. The molecule has 0 radical (unpaired) electrons. The predicted molar refractivity (Wildman–Crippen MR) is 107 cm³/mol. The fraction of sp³-hybridized carbons (Fsp3) is 0.696. The summed E-state index contributed by atoms with van der Waals surface area (Å²) < 4.78 is 11.3. The molecule has 1 aromatic rings. The summed E-state index contributed by atoms with van der Waals surface area (Å²) in [4.78, 5) is 12.4. The molecule has 1 aliphatic carbocycles. The molecule has 3 nitrogen and oxygen atoms in total. The lowest BCUT2D eigenvalue weighted by Crippen LogP contribution is -2.25. The molecule has 1 fully saturated rings. The van der Waals surface area contributed by atoms with Gasteiger partial charge in [0, 0.05) is 0 Å². The molecule has 0 atom stereocenters. The van der Waals surface area contributed by atoms with Gasteiger partial charge in [-0.25, -0.2) is 0 Å². The van der Waals surface area contributed by atoms with Crippen molar-refractivity contribution in [3.05, 3.63) is 24.3 Å². The molecule has 0 amide bonds. The van der Waals surface area contributed by atoms with Crippen molar-refractivity contribution >= 4 is 5.97 Å². The van der Waals surface area contributed by atoms with E-state index < -0.39 is 0 Å². The van der Waals surface area contributed by atoms with Crippen molar-refractivity contribution in [2.75, 3.05) is 6.61 Å². The average Bonchev–Trinajstić information content (AvgIpc) is 2.67. The first kappa shape index (κ1) is 20.8. The monoisotopic (exact) mass is 360 g/mol. The van der Waals surface area contributed by atoms with Crippen molar-refractivity contribution in [2.45, 2.75) is 84.5 Å². The summed E-state index contributed by atoms with van der Waals surface area (Å²) in [5.74, 6) is 2.29. The molecular formula is C23H36O3. The topological polar surface area (TPSA) is 35.5 Å². The second-order valence-electron chi connectivity index (χ2n) is 7.66. The Bertz CT molecular complexity index is 501. The SMILES string of the molecule is CCCCCOc1ccc(OC(=O)C2CCC(CCCCC)CC2)cc1. The van der Waals surface area contributed by atoms with Crippen molar-refractivity contribution in [3.8, 4) is 11.5 Å². The van der Waals surface area contributed by atoms with Crippen molar-refractivity contribution in [3.63, 3.8) is 0 Å². The first-order valence-corrected chi connectivity index (χ1v) is 10.7. The van der Waals surface area contributed by atoms with Crippen LogP contribution in [0.2, 0.25) is 0 Å². The van der Waals surface area contributed by atoms with Crippen LogP contribution in [0.1, 0.15) is 84.5 Å². The predicted octanol–water partition coefficient (Wildman–Crippen LogP) is 6.55. The number of hydrogen-bond acceptors (Lipinski definition) is 3. The lowest BCUT2D eigenvalue weighted by Gasteiger charge is -2.27. The van der Waals surface area contributed by atoms with E-state index in [1.807, 2.05) is 24.3 Å². The van der Waals surface area contributed by atoms with Gasteiger partial charge in [-0.2, -0.15) is 0 Å². The van der Waals surface area contributed by atoms with E-state index in [1.54, 1.807) is 0 Å². The Hall–Kier alpha value is -1.51. The van der Waals surface area contributed by atoms with E-state index in [2.05, 4.69) is 13.8 Å². The van der Waals surface area contributed by atoms with Crippen LogP contribution in [-0.2, 0) is 4.79 Å². The number of ether oxygens (including phenoxy) is 2. The summed E-state index contributed by atoms with van der Waals surface area (Å²) in [5.41, 5.74) is 0. The normalized spacial score (nSPS) is 19.9. The Kier molecular flexibility index (Phi) is 9.58. The van der Waals surface area contributed by atoms with Gasteiger partial charge >= 0.3 is 5.97 Å². The number of carbonyl (C=O) groups excluding carboxylic acids is 1. The van der Waals surface area contributed by atoms with E-state index in [9.17, 15) is 4.79 Å². The van der Waals surface area contributed by atoms with E-state index in [-0.39, 0.29) is 11.9 Å². The van der Waals surface area contributed by atoms with Gasteiger partial charge in [-0.05, 0) is 62.3 Å². The van der Waals surface area contributed by atoms with Gasteiger partial charge in [0.05, 0.1) is 12.5 Å². The van der Waals surface area contributed by atoms with Crippen LogP contribution in [-0.4, -0.2) is 12.6 Å². The number of hydrogen-bond donors (Lipinski definition) is 0. The molecular weight excluding hydrogens is 324 g/mol. The summed E-state index contributed by atoms with van der Waals surface area (Å²) in [6, 6.07) is 7.45. The van der Waals surface area contributed by atoms with Crippen LogP contribution in [0.15, 0.2) is 24.3 Å². The molecule has 0 aromatic heterocycles. The first-order chi connectivity index (χ1) is 12.7. The van der Waals surface area contributed by atoms with E-state index in [0.717, 1.165) is 37.5 Å². The van der Waals surface area contributed by atoms with Gasteiger partial charge in [0.25, 0.3) is 0 Å². The zero-order valence-corrected chi connectivity index (χ0v) is 16.7. The Morgan fingerprint density at radius 3 is 2.15 bits per heavy atom. The van der Waals surface area contributed by atoms with E-state index in [0.29, 0.717) is 5.75 Å². The Labute approximate surface area is 159 Å². The quantitative estimate of drug-likeness (QED) is 0.255. The lowest BCUT2D eigenvalue weighted by atomic mass is 9.80. The van der Waals surface area contributed by atoms with Gasteiger partial charge in [-0.1, -0.05) is 52.4 Å². The molecule has 0 aliphatic heterocycles. The number of unbranched alkanes of at least 4 members (excludes halogenated alkanes) is 4. The molecule has 1 aromatic carbocycles. The van der Waals surface area contributed by atoms with Crippen LogP contribution < -0.4 is 9.47 Å². The van der Waals surface area contributed by atoms with Crippen LogP contribution >= 0.6 is 0 Å². The Balaban J connectivity index is 1.69. The molecule has 0 spiro atoms. The summed E-state index contributed by atoms with van der Waals surface area (Å²) in [5, 5.41) is 0. The average molecular weight is 361 g/mol. The van der Waals surface area contributed by atoms with Gasteiger partial charge in [-0.15, -0.1) is 0 Å². The highest BCUT2D eigenvalue weighted by molar-refractivity contribution is 5.75. The fourth-order valence-electron chi connectivity index (χ4n) is 3.72. The summed E-state index contributed by atoms with van der Waals surface area (Å²) >= 11 is 0. The van der Waals surface area contributed by atoms with E-state index in [4.69, 9.17) is 9.47 Å². The molecule has 0 unspecified atom stereocenters. The minimum absolute atomic E-state index is 0.0615. The summed E-state index contributed by atoms with van der Waals surface area (Å²) in [6.07, 6.45) is 13.1. The van der Waals surface area contributed by atoms with Crippen LogP contribution in [0.4, 0.5) is 0 Å². The Morgan fingerprint density at radius 2 is 1.50 bits per heavy atom. The molecule has 2 rings (SSSR count). The van der Waals surface area contributed by atoms with Crippen molar-refractivity contribution in [1.29, 1.82) is 0 Å². The van der Waals surface area contributed by atoms with Crippen LogP contribution in [0.25, 0.3) is 0 Å². The molecule has 3 heteroatoms. The van der Waals surface area contributed by atoms with Gasteiger partial charge in [0.1, 0.15) is 11.5 Å². The van der Waals surface area contributed by atoms with Crippen molar-refractivity contribution < 1.29 is 14.3 Å². The fourth-order valence-corrected chi connectivity index (χ4v) is 3.72. The molecule has 0 heterocycles. The van der Waals surface area contributed by atoms with Crippen LogP contribution in [0.5, 0.6) is 11.5 Å². The maximum absolute atomic E-state index is 12.4. The number of carbonyl (C=O) groups is 1. The zero-order valence-electron chi connectivity index (χ0n) is 16.7. The lowest BCUT2D eigenvalue weighted by molar-refractivity contribution is -0.140. The minimum Gasteiger partial charge on any atom is -0.494 e. The number of rotatable bonds is 11. The third-order valence-corrected chi connectivity index (χ3v) is 5.45. The molecule has 0 bridgehead atoms. The van der Waals surface area contributed by atoms with E-state index >= 15 is 0 Å². The maximum Gasteiger partial charge on any atom is 0.314 e. The third-order valence-electron chi connectivity index (χ3n) is 5.45. The smallest absolute Gasteiger partial charge is 0.314 e. The summed E-state index contributed by atoms with van der Waals surface area (Å²) in [7, 11) is 0. The largest absolute Gasteiger partial charge is 0.494 e. The van der Waals surface area contributed by atoms with Gasteiger partial charge < -0.3 is 9.47 Å². The van der Waals surface area contributed by atoms with Crippen LogP contribution in [0, 0.1) is 11.8 Å². The molecule has 146 valence electrons. The van der Waals surface area contributed by atoms with Crippen molar-refractivity contribution in [1.82, 2.24) is 0 Å². The maximum atomic E-state index is 12.4. The first-order valence-electron chi connectivity index (χ1n) is 10.7. The number of benzene rings is 1. The third kappa shape index (κ3) is 7.39. The highest BCUT2D eigenvalue weighted by Gasteiger charge is 2.27. The molecule has 1 aliphatic rings. The number of esters is 1. The second kappa shape index (κ2) is 12.0. The summed E-state index contributed by atoms with van der Waals surface area (Å²) in [6.45, 7) is 5.18. The van der Waals surface area contributed by atoms with E-state index in [1.165, 1.54) is 51.4 Å². The van der Waals surface area contributed by atoms with Crippen LogP contribution in [0.3, 0.4) is 0 Å². The molecule has 26 heavy (non-hydrogen) atoms. The molecule has 0 N–H and O–H groups in total. The zero-order chi connectivity index (χ0) is 18.6. The Morgan fingerprint density at radius 1 is 0.885 bits per heavy atom. The van der Waals surface area contributed by atoms with Crippen molar-refractivity contribution in [2.24, 2.45) is 11.8 Å². The van der Waals surface area contributed by atoms with Gasteiger partial charge in [-0.3, -0.25) is 4.79 Å². The highest BCUT2D eigenvalue weighted by Crippen LogP contribution is 2.33. The highest BCUT2D eigenvalue weighted by atomic mass is 16.5. The second-order valence-corrected chi connectivity index (χ2v) is 7.66. The standard InChI is InChI=1S/C23H36O3/c1-3-5-7-9-19-10-12-20(13-11-19)23(24)26-22-16-14-21(15-17-22)25-18-8-6-4-2/h14-17,19-20H,3-13,18H2,1-2H3. The van der Waals surface area contributed by atoms with Gasteiger partial charge in [0.15, 0.2) is 0 Å². The minimum atomic E-state index is -0.0615. The molecule has 0 saturated heterocycles. The van der Waals surface area contributed by atoms with Gasteiger partial charge in [0.2, 0.25) is 0 Å².